The van der Waals surface area contributed by atoms with Gasteiger partial charge in [-0.1, -0.05) is 60.7 Å². The van der Waals surface area contributed by atoms with E-state index in [9.17, 15) is 4.79 Å². The number of hydrogen-bond donors (Lipinski definition) is 1. The van der Waals surface area contributed by atoms with Gasteiger partial charge < -0.3 is 5.32 Å². The van der Waals surface area contributed by atoms with E-state index in [-0.39, 0.29) is 18.0 Å². The van der Waals surface area contributed by atoms with Crippen LogP contribution in [0.25, 0.3) is 0 Å². The Morgan fingerprint density at radius 2 is 1.63 bits per heavy atom. The van der Waals surface area contributed by atoms with E-state index in [1.165, 1.54) is 0 Å². The van der Waals surface area contributed by atoms with Gasteiger partial charge in [0.25, 0.3) is 0 Å². The van der Waals surface area contributed by atoms with Crippen LogP contribution in [0.1, 0.15) is 34.8 Å². The third kappa shape index (κ3) is 5.02. The van der Waals surface area contributed by atoms with E-state index in [1.54, 1.807) is 11.3 Å². The van der Waals surface area contributed by atoms with Gasteiger partial charge in [0.1, 0.15) is 0 Å². The van der Waals surface area contributed by atoms with Crippen molar-refractivity contribution in [2.24, 2.45) is 0 Å². The molecule has 0 saturated heterocycles. The molecular formula is C22H25N3OS. The van der Waals surface area contributed by atoms with Gasteiger partial charge >= 0.3 is 0 Å². The minimum atomic E-state index is -0.262. The molecule has 0 saturated carbocycles. The van der Waals surface area contributed by atoms with E-state index in [0.29, 0.717) is 6.54 Å². The molecule has 0 bridgehead atoms. The van der Waals surface area contributed by atoms with E-state index in [1.807, 2.05) is 91.8 Å². The van der Waals surface area contributed by atoms with E-state index in [0.717, 1.165) is 21.8 Å². The van der Waals surface area contributed by atoms with E-state index in [2.05, 4.69) is 10.3 Å². The number of nitrogens with zero attached hydrogens (tertiary/aromatic N) is 2. The normalized spacial score (nSPS) is 12.3. The molecule has 1 atom stereocenters. The summed E-state index contributed by atoms with van der Waals surface area (Å²) in [7, 11) is 1.96. The molecule has 0 aliphatic rings. The third-order valence-electron chi connectivity index (χ3n) is 4.67. The average molecular weight is 380 g/mol. The largest absolute Gasteiger partial charge is 0.344 e. The fourth-order valence-corrected chi connectivity index (χ4v) is 3.59. The number of benzene rings is 2. The number of rotatable bonds is 7. The molecule has 140 valence electrons. The quantitative estimate of drug-likeness (QED) is 0.670. The van der Waals surface area contributed by atoms with Crippen molar-refractivity contribution in [3.63, 3.8) is 0 Å². The van der Waals surface area contributed by atoms with Gasteiger partial charge in [-0.05, 0) is 32.0 Å². The summed E-state index contributed by atoms with van der Waals surface area (Å²) in [6, 6.07) is 19.7. The van der Waals surface area contributed by atoms with Gasteiger partial charge in [0.15, 0.2) is 0 Å². The summed E-state index contributed by atoms with van der Waals surface area (Å²) in [5.74, 6) is 0.00200. The number of nitrogens with one attached hydrogen (secondary N) is 1. The Bertz CT molecular complexity index is 824. The SMILES string of the molecule is Cc1nc(CN(C)C(C)C(=O)NC(c2ccccc2)c2ccccc2)cs1. The highest BCUT2D eigenvalue weighted by molar-refractivity contribution is 7.09. The van der Waals surface area contributed by atoms with Crippen LogP contribution in [0.2, 0.25) is 0 Å². The third-order valence-corrected chi connectivity index (χ3v) is 5.49. The Hall–Kier alpha value is -2.50. The maximum Gasteiger partial charge on any atom is 0.237 e. The Balaban J connectivity index is 1.73. The lowest BCUT2D eigenvalue weighted by molar-refractivity contribution is -0.126. The molecule has 0 aliphatic carbocycles. The summed E-state index contributed by atoms with van der Waals surface area (Å²) in [5, 5.41) is 6.32. The van der Waals surface area contributed by atoms with Gasteiger partial charge in [-0.3, -0.25) is 9.69 Å². The monoisotopic (exact) mass is 379 g/mol. The molecule has 1 N–H and O–H groups in total. The number of carbonyl (C=O) groups excluding carboxylic acids is 1. The van der Waals surface area contributed by atoms with Crippen molar-refractivity contribution >= 4 is 17.2 Å². The number of likely N-dealkylation sites (N-methyl/N-ethyl adjacent to an activating group) is 1. The highest BCUT2D eigenvalue weighted by atomic mass is 32.1. The predicted octanol–water partition coefficient (Wildman–Crippen LogP) is 4.18. The van der Waals surface area contributed by atoms with Crippen LogP contribution in [0, 0.1) is 6.92 Å². The van der Waals surface area contributed by atoms with Crippen LogP contribution in [-0.2, 0) is 11.3 Å². The van der Waals surface area contributed by atoms with Crippen molar-refractivity contribution in [1.82, 2.24) is 15.2 Å². The maximum absolute atomic E-state index is 13.0. The Kier molecular flexibility index (Phi) is 6.37. The van der Waals surface area contributed by atoms with Crippen molar-refractivity contribution in [3.05, 3.63) is 87.9 Å². The summed E-state index contributed by atoms with van der Waals surface area (Å²) in [6.45, 7) is 4.58. The van der Waals surface area contributed by atoms with Crippen LogP contribution >= 0.6 is 11.3 Å². The lowest BCUT2D eigenvalue weighted by Gasteiger charge is -2.27. The van der Waals surface area contributed by atoms with Crippen LogP contribution in [0.4, 0.5) is 0 Å². The lowest BCUT2D eigenvalue weighted by Crippen LogP contribution is -2.44. The molecular weight excluding hydrogens is 354 g/mol. The van der Waals surface area contributed by atoms with Crippen molar-refractivity contribution < 1.29 is 4.79 Å². The number of amides is 1. The first kappa shape index (κ1) is 19.3. The molecule has 0 spiro atoms. The van der Waals surface area contributed by atoms with Crippen LogP contribution in [0.5, 0.6) is 0 Å². The first-order chi connectivity index (χ1) is 13.0. The molecule has 4 nitrogen and oxygen atoms in total. The van der Waals surface area contributed by atoms with Crippen LogP contribution < -0.4 is 5.32 Å². The summed E-state index contributed by atoms with van der Waals surface area (Å²) in [4.78, 5) is 19.5. The second kappa shape index (κ2) is 8.93. The van der Waals surface area contributed by atoms with Crippen LogP contribution in [0.15, 0.2) is 66.0 Å². The van der Waals surface area contributed by atoms with Gasteiger partial charge in [-0.2, -0.15) is 0 Å². The fourth-order valence-electron chi connectivity index (χ4n) is 2.99. The van der Waals surface area contributed by atoms with E-state index in [4.69, 9.17) is 0 Å². The predicted molar refractivity (Wildman–Crippen MR) is 111 cm³/mol. The van der Waals surface area contributed by atoms with Crippen molar-refractivity contribution in [2.75, 3.05) is 7.05 Å². The number of carbonyl (C=O) groups is 1. The summed E-state index contributed by atoms with van der Waals surface area (Å²) >= 11 is 1.63. The molecule has 0 fully saturated rings. The fraction of sp³-hybridized carbons (Fsp3) is 0.273. The molecule has 1 unspecified atom stereocenters. The lowest BCUT2D eigenvalue weighted by atomic mass is 9.98. The zero-order chi connectivity index (χ0) is 19.2. The molecule has 2 aromatic carbocycles. The van der Waals surface area contributed by atoms with Crippen molar-refractivity contribution in [2.45, 2.75) is 32.5 Å². The molecule has 0 radical (unpaired) electrons. The topological polar surface area (TPSA) is 45.2 Å². The smallest absolute Gasteiger partial charge is 0.237 e. The minimum absolute atomic E-state index is 0.00200. The van der Waals surface area contributed by atoms with Crippen LogP contribution in [0.3, 0.4) is 0 Å². The van der Waals surface area contributed by atoms with Gasteiger partial charge in [0.2, 0.25) is 5.91 Å². The zero-order valence-electron chi connectivity index (χ0n) is 15.9. The highest BCUT2D eigenvalue weighted by Crippen LogP contribution is 2.22. The Morgan fingerprint density at radius 3 is 2.11 bits per heavy atom. The summed E-state index contributed by atoms with van der Waals surface area (Å²) < 4.78 is 0. The second-order valence-electron chi connectivity index (χ2n) is 6.71. The Morgan fingerprint density at radius 1 is 1.07 bits per heavy atom. The first-order valence-electron chi connectivity index (χ1n) is 9.06. The number of thiazole rings is 1. The standard InChI is InChI=1S/C22H25N3OS/c1-16(25(3)14-20-15-27-17(2)23-20)22(26)24-21(18-10-6-4-7-11-18)19-12-8-5-9-13-19/h4-13,15-16,21H,14H2,1-3H3,(H,24,26). The average Bonchev–Trinajstić information content (AvgIpc) is 3.11. The number of hydrogen-bond acceptors (Lipinski definition) is 4. The molecule has 1 heterocycles. The molecule has 27 heavy (non-hydrogen) atoms. The minimum Gasteiger partial charge on any atom is -0.344 e. The second-order valence-corrected chi connectivity index (χ2v) is 7.77. The van der Waals surface area contributed by atoms with Gasteiger partial charge in [0.05, 0.1) is 22.8 Å². The zero-order valence-corrected chi connectivity index (χ0v) is 16.7. The highest BCUT2D eigenvalue weighted by Gasteiger charge is 2.23. The molecule has 1 amide bonds. The maximum atomic E-state index is 13.0. The van der Waals surface area contributed by atoms with Gasteiger partial charge in [-0.15, -0.1) is 11.3 Å². The van der Waals surface area contributed by atoms with Crippen molar-refractivity contribution in [1.29, 1.82) is 0 Å². The van der Waals surface area contributed by atoms with Crippen molar-refractivity contribution in [3.8, 4) is 0 Å². The first-order valence-corrected chi connectivity index (χ1v) is 9.94. The van der Waals surface area contributed by atoms with Crippen LogP contribution in [-0.4, -0.2) is 28.9 Å². The summed E-state index contributed by atoms with van der Waals surface area (Å²) in [6.07, 6.45) is 0. The van der Waals surface area contributed by atoms with Gasteiger partial charge in [0, 0.05) is 11.9 Å². The molecule has 1 aromatic heterocycles. The summed E-state index contributed by atoms with van der Waals surface area (Å²) in [5.41, 5.74) is 3.14. The molecule has 3 aromatic rings. The molecule has 0 aliphatic heterocycles. The molecule has 3 rings (SSSR count). The molecule has 5 heteroatoms. The number of aromatic nitrogens is 1. The van der Waals surface area contributed by atoms with E-state index < -0.39 is 0 Å². The van der Waals surface area contributed by atoms with E-state index >= 15 is 0 Å². The Labute approximate surface area is 164 Å². The number of aryl methyl sites for hydroxylation is 1. The van der Waals surface area contributed by atoms with Gasteiger partial charge in [-0.25, -0.2) is 4.98 Å².